The van der Waals surface area contributed by atoms with Crippen molar-refractivity contribution in [3.63, 3.8) is 0 Å². The van der Waals surface area contributed by atoms with Crippen molar-refractivity contribution >= 4 is 0 Å². The summed E-state index contributed by atoms with van der Waals surface area (Å²) in [5, 5.41) is 9.34. The minimum Gasteiger partial charge on any atom is -0.436 e. The summed E-state index contributed by atoms with van der Waals surface area (Å²) >= 11 is 0. The van der Waals surface area contributed by atoms with E-state index in [0.717, 1.165) is 5.56 Å². The highest BCUT2D eigenvalue weighted by Gasteiger charge is 2.07. The molecule has 1 aromatic carbocycles. The van der Waals surface area contributed by atoms with E-state index in [1.807, 2.05) is 6.92 Å². The summed E-state index contributed by atoms with van der Waals surface area (Å²) in [6.45, 7) is 3.51. The third kappa shape index (κ3) is 2.84. The quantitative estimate of drug-likeness (QED) is 0.904. The van der Waals surface area contributed by atoms with Gasteiger partial charge in [-0.25, -0.2) is 9.37 Å². The van der Waals surface area contributed by atoms with E-state index in [1.54, 1.807) is 31.2 Å². The van der Waals surface area contributed by atoms with Gasteiger partial charge in [-0.05, 0) is 43.2 Å². The van der Waals surface area contributed by atoms with Crippen LogP contribution in [0.3, 0.4) is 0 Å². The lowest BCUT2D eigenvalue weighted by molar-refractivity contribution is 0.198. The average Bonchev–Trinajstić information content (AvgIpc) is 2.34. The molecule has 94 valence electrons. The van der Waals surface area contributed by atoms with Crippen LogP contribution >= 0.6 is 0 Å². The summed E-state index contributed by atoms with van der Waals surface area (Å²) in [6, 6.07) is 7.94. The molecule has 1 heterocycles. The second-order valence-corrected chi connectivity index (χ2v) is 4.14. The van der Waals surface area contributed by atoms with Gasteiger partial charge < -0.3 is 9.84 Å². The average molecular weight is 247 g/mol. The van der Waals surface area contributed by atoms with Gasteiger partial charge in [-0.3, -0.25) is 0 Å². The van der Waals surface area contributed by atoms with Crippen molar-refractivity contribution in [1.29, 1.82) is 0 Å². The van der Waals surface area contributed by atoms with Crippen LogP contribution in [-0.4, -0.2) is 10.1 Å². The number of hydrogen-bond acceptors (Lipinski definition) is 3. The maximum absolute atomic E-state index is 13.5. The van der Waals surface area contributed by atoms with Crippen molar-refractivity contribution < 1.29 is 14.2 Å². The number of ether oxygens (including phenoxy) is 1. The molecular weight excluding hydrogens is 233 g/mol. The third-order valence-electron chi connectivity index (χ3n) is 2.54. The Hall–Kier alpha value is -1.94. The van der Waals surface area contributed by atoms with E-state index in [0.29, 0.717) is 11.4 Å². The Morgan fingerprint density at radius 2 is 2.06 bits per heavy atom. The van der Waals surface area contributed by atoms with Gasteiger partial charge in [0.2, 0.25) is 5.88 Å². The van der Waals surface area contributed by atoms with Crippen LogP contribution in [0, 0.1) is 12.7 Å². The van der Waals surface area contributed by atoms with Crippen molar-refractivity contribution in [2.45, 2.75) is 20.0 Å². The van der Waals surface area contributed by atoms with Crippen LogP contribution in [0.1, 0.15) is 24.2 Å². The summed E-state index contributed by atoms with van der Waals surface area (Å²) in [5.74, 6) is 0.0122. The second-order valence-electron chi connectivity index (χ2n) is 4.14. The molecule has 0 amide bonds. The van der Waals surface area contributed by atoms with Gasteiger partial charge in [0.25, 0.3) is 0 Å². The summed E-state index contributed by atoms with van der Waals surface area (Å²) in [5.41, 5.74) is 1.60. The maximum atomic E-state index is 13.5. The normalized spacial score (nSPS) is 12.2. The van der Waals surface area contributed by atoms with Gasteiger partial charge in [-0.2, -0.15) is 0 Å². The first kappa shape index (κ1) is 12.5. The SMILES string of the molecule is Cc1ccc(F)c(Oc2ccc([C@H](C)O)cn2)c1. The Morgan fingerprint density at radius 3 is 2.67 bits per heavy atom. The molecule has 2 aromatic rings. The molecule has 0 bridgehead atoms. The Bertz CT molecular complexity index is 538. The van der Waals surface area contributed by atoms with E-state index in [2.05, 4.69) is 4.98 Å². The standard InChI is InChI=1S/C14H14FNO2/c1-9-3-5-12(15)13(7-9)18-14-6-4-11(8-16-14)10(2)17/h3-8,10,17H,1-2H3/t10-/m0/s1. The van der Waals surface area contributed by atoms with Gasteiger partial charge >= 0.3 is 0 Å². The molecule has 0 aliphatic carbocycles. The molecule has 0 unspecified atom stereocenters. The Kier molecular flexibility index (Phi) is 3.58. The van der Waals surface area contributed by atoms with Gasteiger partial charge in [0.05, 0.1) is 6.10 Å². The molecule has 0 saturated carbocycles. The van der Waals surface area contributed by atoms with Gasteiger partial charge in [-0.1, -0.05) is 6.07 Å². The molecule has 0 aliphatic heterocycles. The van der Waals surface area contributed by atoms with E-state index >= 15 is 0 Å². The number of aromatic nitrogens is 1. The molecule has 2 rings (SSSR count). The Labute approximate surface area is 105 Å². The van der Waals surface area contributed by atoms with E-state index in [-0.39, 0.29) is 5.75 Å². The molecule has 1 atom stereocenters. The largest absolute Gasteiger partial charge is 0.436 e. The molecule has 3 nitrogen and oxygen atoms in total. The van der Waals surface area contributed by atoms with E-state index in [4.69, 9.17) is 4.74 Å². The van der Waals surface area contributed by atoms with Crippen LogP contribution in [0.4, 0.5) is 4.39 Å². The zero-order chi connectivity index (χ0) is 13.1. The highest BCUT2D eigenvalue weighted by molar-refractivity contribution is 5.33. The molecule has 18 heavy (non-hydrogen) atoms. The molecule has 4 heteroatoms. The molecule has 1 aromatic heterocycles. The Morgan fingerprint density at radius 1 is 1.28 bits per heavy atom. The van der Waals surface area contributed by atoms with Crippen LogP contribution in [0.5, 0.6) is 11.6 Å². The zero-order valence-corrected chi connectivity index (χ0v) is 10.2. The highest BCUT2D eigenvalue weighted by atomic mass is 19.1. The zero-order valence-electron chi connectivity index (χ0n) is 10.2. The summed E-state index contributed by atoms with van der Waals surface area (Å²) in [6.07, 6.45) is 0.926. The minimum absolute atomic E-state index is 0.146. The van der Waals surface area contributed by atoms with Crippen LogP contribution in [0.15, 0.2) is 36.5 Å². The van der Waals surface area contributed by atoms with Crippen LogP contribution in [0.25, 0.3) is 0 Å². The van der Waals surface area contributed by atoms with Crippen LogP contribution in [0.2, 0.25) is 0 Å². The molecule has 0 spiro atoms. The topological polar surface area (TPSA) is 42.4 Å². The van der Waals surface area contributed by atoms with Crippen molar-refractivity contribution in [3.05, 3.63) is 53.5 Å². The molecule has 0 fully saturated rings. The second kappa shape index (κ2) is 5.14. The predicted molar refractivity (Wildman–Crippen MR) is 66.1 cm³/mol. The van der Waals surface area contributed by atoms with Crippen molar-refractivity contribution in [3.8, 4) is 11.6 Å². The van der Waals surface area contributed by atoms with Gasteiger partial charge in [0.1, 0.15) is 0 Å². The fourth-order valence-corrected chi connectivity index (χ4v) is 1.50. The van der Waals surface area contributed by atoms with E-state index < -0.39 is 11.9 Å². The minimum atomic E-state index is -0.581. The molecule has 1 N–H and O–H groups in total. The van der Waals surface area contributed by atoms with Gasteiger partial charge in [0.15, 0.2) is 11.6 Å². The molecule has 0 aliphatic rings. The van der Waals surface area contributed by atoms with Crippen molar-refractivity contribution in [2.24, 2.45) is 0 Å². The lowest BCUT2D eigenvalue weighted by Gasteiger charge is -2.08. The number of pyridine rings is 1. The number of aryl methyl sites for hydroxylation is 1. The first-order chi connectivity index (χ1) is 8.56. The molecule has 0 radical (unpaired) electrons. The fourth-order valence-electron chi connectivity index (χ4n) is 1.50. The number of aliphatic hydroxyl groups is 1. The summed E-state index contributed by atoms with van der Waals surface area (Å²) in [7, 11) is 0. The molecular formula is C14H14FNO2. The van der Waals surface area contributed by atoms with Crippen LogP contribution in [-0.2, 0) is 0 Å². The lowest BCUT2D eigenvalue weighted by atomic mass is 10.2. The number of hydrogen-bond donors (Lipinski definition) is 1. The van der Waals surface area contributed by atoms with E-state index in [9.17, 15) is 9.50 Å². The number of nitrogens with zero attached hydrogens (tertiary/aromatic N) is 1. The smallest absolute Gasteiger partial charge is 0.219 e. The number of rotatable bonds is 3. The molecule has 0 saturated heterocycles. The summed E-state index contributed by atoms with van der Waals surface area (Å²) < 4.78 is 18.8. The summed E-state index contributed by atoms with van der Waals surface area (Å²) in [4.78, 5) is 4.02. The Balaban J connectivity index is 2.21. The van der Waals surface area contributed by atoms with E-state index in [1.165, 1.54) is 12.3 Å². The monoisotopic (exact) mass is 247 g/mol. The van der Waals surface area contributed by atoms with Gasteiger partial charge in [-0.15, -0.1) is 0 Å². The highest BCUT2D eigenvalue weighted by Crippen LogP contribution is 2.24. The first-order valence-electron chi connectivity index (χ1n) is 5.64. The third-order valence-corrected chi connectivity index (χ3v) is 2.54. The number of benzene rings is 1. The van der Waals surface area contributed by atoms with Crippen molar-refractivity contribution in [1.82, 2.24) is 4.98 Å². The lowest BCUT2D eigenvalue weighted by Crippen LogP contribution is -1.95. The van der Waals surface area contributed by atoms with Crippen molar-refractivity contribution in [2.75, 3.05) is 0 Å². The predicted octanol–water partition coefficient (Wildman–Crippen LogP) is 3.37. The maximum Gasteiger partial charge on any atom is 0.219 e. The first-order valence-corrected chi connectivity index (χ1v) is 5.64. The number of halogens is 1. The van der Waals surface area contributed by atoms with Crippen LogP contribution < -0.4 is 4.74 Å². The number of aliphatic hydroxyl groups excluding tert-OH is 1. The van der Waals surface area contributed by atoms with Gasteiger partial charge in [0, 0.05) is 12.3 Å². The fraction of sp³-hybridized carbons (Fsp3) is 0.214.